The molecular weight excluding hydrogens is 330 g/mol. The minimum atomic E-state index is -1.30. The van der Waals surface area contributed by atoms with Crippen molar-refractivity contribution in [3.63, 3.8) is 0 Å². The van der Waals surface area contributed by atoms with Crippen LogP contribution in [0.2, 0.25) is 0 Å². The van der Waals surface area contributed by atoms with E-state index in [-0.39, 0.29) is 11.5 Å². The van der Waals surface area contributed by atoms with E-state index in [2.05, 4.69) is 12.2 Å². The number of carbonyl (C=O) groups is 1. The Kier molecular flexibility index (Phi) is 6.16. The first-order valence-electron chi connectivity index (χ1n) is 8.97. The Hall–Kier alpha value is -1.78. The predicted octanol–water partition coefficient (Wildman–Crippen LogP) is 4.67. The molecular formula is C21H25NO2S. The Morgan fingerprint density at radius 3 is 2.40 bits per heavy atom. The Morgan fingerprint density at radius 1 is 1.12 bits per heavy atom. The number of Topliss-reactive ketones (excluding diaryl/α,β-unsaturated/α-hetero) is 1. The first-order valence-corrected chi connectivity index (χ1v) is 10.3. The van der Waals surface area contributed by atoms with Gasteiger partial charge in [-0.15, -0.1) is 0 Å². The minimum Gasteiger partial charge on any atom is -0.611 e. The van der Waals surface area contributed by atoms with Gasteiger partial charge in [0.2, 0.25) is 5.78 Å². The maximum Gasteiger partial charge on any atom is 0.212 e. The number of carbonyl (C=O) groups excluding carboxylic acids is 1. The van der Waals surface area contributed by atoms with E-state index >= 15 is 0 Å². The van der Waals surface area contributed by atoms with Gasteiger partial charge in [-0.3, -0.25) is 4.79 Å². The monoisotopic (exact) mass is 355 g/mol. The number of benzene rings is 2. The second-order valence-electron chi connectivity index (χ2n) is 6.78. The number of anilines is 1. The molecule has 2 aromatic carbocycles. The molecule has 1 fully saturated rings. The molecule has 0 aromatic heterocycles. The van der Waals surface area contributed by atoms with E-state index in [9.17, 15) is 9.35 Å². The Balaban J connectivity index is 1.57. The van der Waals surface area contributed by atoms with Crippen LogP contribution in [0.1, 0.15) is 43.0 Å². The summed E-state index contributed by atoms with van der Waals surface area (Å²) < 4.78 is 12.3. The highest BCUT2D eigenvalue weighted by Crippen LogP contribution is 2.29. The van der Waals surface area contributed by atoms with Crippen molar-refractivity contribution in [2.45, 2.75) is 43.5 Å². The van der Waals surface area contributed by atoms with Crippen molar-refractivity contribution in [1.29, 1.82) is 0 Å². The second kappa shape index (κ2) is 8.54. The number of hydrogen-bond donors (Lipinski definition) is 1. The largest absolute Gasteiger partial charge is 0.611 e. The molecule has 0 amide bonds. The molecule has 1 aliphatic carbocycles. The summed E-state index contributed by atoms with van der Waals surface area (Å²) in [5.74, 6) is 0.683. The number of ketones is 1. The number of rotatable bonds is 7. The lowest BCUT2D eigenvalue weighted by atomic mass is 9.99. The third kappa shape index (κ3) is 4.86. The van der Waals surface area contributed by atoms with Crippen molar-refractivity contribution in [2.75, 3.05) is 11.1 Å². The van der Waals surface area contributed by atoms with Crippen molar-refractivity contribution in [1.82, 2.24) is 0 Å². The first kappa shape index (κ1) is 18.0. The number of hydrogen-bond acceptors (Lipinski definition) is 3. The molecule has 2 atom stereocenters. The summed E-state index contributed by atoms with van der Waals surface area (Å²) in [6.45, 7) is 2.23. The lowest BCUT2D eigenvalue weighted by Crippen LogP contribution is -2.23. The van der Waals surface area contributed by atoms with Crippen LogP contribution in [0.5, 0.6) is 0 Å². The standard InChI is InChI=1S/C21H25NO2S/c1-16(17-7-5-6-8-17)22-19-13-11-18(12-14-19)21(23)15-25(24)20-9-3-2-4-10-20/h2-4,9-14,16-17,22H,5-8,15H2,1H3. The van der Waals surface area contributed by atoms with Crippen molar-refractivity contribution < 1.29 is 9.35 Å². The van der Waals surface area contributed by atoms with E-state index in [1.807, 2.05) is 42.5 Å². The van der Waals surface area contributed by atoms with Crippen LogP contribution in [0.4, 0.5) is 5.69 Å². The zero-order valence-electron chi connectivity index (χ0n) is 14.6. The SMILES string of the molecule is CC(Nc1ccc(C(=O)C[S+]([O-])c2ccccc2)cc1)C1CCCC1. The smallest absolute Gasteiger partial charge is 0.212 e. The van der Waals surface area contributed by atoms with Crippen LogP contribution in [0, 0.1) is 5.92 Å². The van der Waals surface area contributed by atoms with Gasteiger partial charge in [0.05, 0.1) is 0 Å². The summed E-state index contributed by atoms with van der Waals surface area (Å²) in [5, 5.41) is 3.55. The van der Waals surface area contributed by atoms with Gasteiger partial charge < -0.3 is 9.87 Å². The summed E-state index contributed by atoms with van der Waals surface area (Å²) in [4.78, 5) is 13.1. The van der Waals surface area contributed by atoms with Gasteiger partial charge in [0.15, 0.2) is 10.6 Å². The molecule has 3 nitrogen and oxygen atoms in total. The average Bonchev–Trinajstić information content (AvgIpc) is 3.18. The molecule has 0 bridgehead atoms. The topological polar surface area (TPSA) is 52.2 Å². The van der Waals surface area contributed by atoms with E-state index in [4.69, 9.17) is 0 Å². The molecule has 2 unspecified atom stereocenters. The molecule has 4 heteroatoms. The molecule has 0 radical (unpaired) electrons. The first-order chi connectivity index (χ1) is 12.1. The average molecular weight is 356 g/mol. The molecule has 1 saturated carbocycles. The van der Waals surface area contributed by atoms with Crippen molar-refractivity contribution in [2.24, 2.45) is 5.92 Å². The Bertz CT molecular complexity index is 681. The van der Waals surface area contributed by atoms with E-state index in [1.165, 1.54) is 25.7 Å². The maximum absolute atomic E-state index is 12.4. The van der Waals surface area contributed by atoms with Gasteiger partial charge in [-0.25, -0.2) is 0 Å². The fourth-order valence-corrected chi connectivity index (χ4v) is 4.48. The highest BCUT2D eigenvalue weighted by molar-refractivity contribution is 7.92. The molecule has 2 aromatic rings. The van der Waals surface area contributed by atoms with E-state index in [0.717, 1.165) is 11.6 Å². The van der Waals surface area contributed by atoms with E-state index in [1.54, 1.807) is 12.1 Å². The van der Waals surface area contributed by atoms with Crippen LogP contribution in [-0.4, -0.2) is 22.1 Å². The van der Waals surface area contributed by atoms with Gasteiger partial charge in [0.25, 0.3) is 0 Å². The molecule has 0 saturated heterocycles. The minimum absolute atomic E-state index is 0.0231. The molecule has 0 spiro atoms. The van der Waals surface area contributed by atoms with Gasteiger partial charge in [-0.2, -0.15) is 0 Å². The Morgan fingerprint density at radius 2 is 1.76 bits per heavy atom. The fourth-order valence-electron chi connectivity index (χ4n) is 3.45. The van der Waals surface area contributed by atoms with Gasteiger partial charge in [0, 0.05) is 17.3 Å². The quantitative estimate of drug-likeness (QED) is 0.580. The number of nitrogens with one attached hydrogen (secondary N) is 1. The molecule has 1 aliphatic rings. The third-order valence-electron chi connectivity index (χ3n) is 4.98. The predicted molar refractivity (Wildman–Crippen MR) is 104 cm³/mol. The summed E-state index contributed by atoms with van der Waals surface area (Å²) in [7, 11) is 0. The molecule has 3 rings (SSSR count). The summed E-state index contributed by atoms with van der Waals surface area (Å²) in [6.07, 6.45) is 5.28. The van der Waals surface area contributed by atoms with Gasteiger partial charge >= 0.3 is 0 Å². The lowest BCUT2D eigenvalue weighted by Gasteiger charge is -2.21. The lowest BCUT2D eigenvalue weighted by molar-refractivity contribution is 0.102. The third-order valence-corrected chi connectivity index (χ3v) is 6.30. The van der Waals surface area contributed by atoms with Crippen LogP contribution < -0.4 is 5.32 Å². The summed E-state index contributed by atoms with van der Waals surface area (Å²) >= 11 is -1.30. The molecule has 25 heavy (non-hydrogen) atoms. The van der Waals surface area contributed by atoms with Gasteiger partial charge in [-0.05, 0) is 73.3 Å². The highest BCUT2D eigenvalue weighted by Gasteiger charge is 2.21. The van der Waals surface area contributed by atoms with Crippen molar-refractivity contribution >= 4 is 22.6 Å². The van der Waals surface area contributed by atoms with E-state index in [0.29, 0.717) is 16.5 Å². The van der Waals surface area contributed by atoms with Crippen LogP contribution in [-0.2, 0) is 11.2 Å². The molecule has 132 valence electrons. The Labute approximate surface area is 153 Å². The van der Waals surface area contributed by atoms with Crippen molar-refractivity contribution in [3.05, 3.63) is 60.2 Å². The van der Waals surface area contributed by atoms with Crippen LogP contribution in [0.15, 0.2) is 59.5 Å². The van der Waals surface area contributed by atoms with Crippen LogP contribution in [0.25, 0.3) is 0 Å². The molecule has 0 aliphatic heterocycles. The maximum atomic E-state index is 12.4. The van der Waals surface area contributed by atoms with Crippen LogP contribution >= 0.6 is 0 Å². The summed E-state index contributed by atoms with van der Waals surface area (Å²) in [6, 6.07) is 17.1. The van der Waals surface area contributed by atoms with Crippen molar-refractivity contribution in [3.8, 4) is 0 Å². The molecule has 0 heterocycles. The normalized spacial score (nSPS) is 17.2. The zero-order valence-corrected chi connectivity index (χ0v) is 15.4. The van der Waals surface area contributed by atoms with Gasteiger partial charge in [-0.1, -0.05) is 31.0 Å². The zero-order chi connectivity index (χ0) is 17.6. The van der Waals surface area contributed by atoms with Crippen LogP contribution in [0.3, 0.4) is 0 Å². The fraction of sp³-hybridized carbons (Fsp3) is 0.381. The molecule has 1 N–H and O–H groups in total. The highest BCUT2D eigenvalue weighted by atomic mass is 32.2. The van der Waals surface area contributed by atoms with E-state index < -0.39 is 11.2 Å². The second-order valence-corrected chi connectivity index (χ2v) is 8.23. The van der Waals surface area contributed by atoms with Gasteiger partial charge in [0.1, 0.15) is 0 Å². The summed E-state index contributed by atoms with van der Waals surface area (Å²) in [5.41, 5.74) is 1.66.